The summed E-state index contributed by atoms with van der Waals surface area (Å²) in [7, 11) is 0. The first-order valence-corrected chi connectivity index (χ1v) is 6.64. The fourth-order valence-corrected chi connectivity index (χ4v) is 3.63. The second kappa shape index (κ2) is 4.30. The molecule has 2 fully saturated rings. The molecule has 3 rings (SSSR count). The zero-order chi connectivity index (χ0) is 13.5. The Morgan fingerprint density at radius 1 is 1.16 bits per heavy atom. The molecule has 0 radical (unpaired) electrons. The number of carboxylic acid groups (broad SMARTS) is 1. The van der Waals surface area contributed by atoms with E-state index < -0.39 is 11.4 Å². The third kappa shape index (κ3) is 1.94. The van der Waals surface area contributed by atoms with Crippen LogP contribution in [0.1, 0.15) is 31.2 Å². The summed E-state index contributed by atoms with van der Waals surface area (Å²) in [6.45, 7) is 1.44. The SMILES string of the molecule is O=C(O)C1(c2ccc(F)cc2)CC2(CCOCC2)C1. The molecule has 1 saturated heterocycles. The lowest BCUT2D eigenvalue weighted by molar-refractivity contribution is -0.160. The molecule has 1 spiro atoms. The van der Waals surface area contributed by atoms with E-state index in [1.54, 1.807) is 12.1 Å². The molecule has 0 atom stereocenters. The summed E-state index contributed by atoms with van der Waals surface area (Å²) >= 11 is 0. The molecule has 19 heavy (non-hydrogen) atoms. The van der Waals surface area contributed by atoms with Crippen LogP contribution in [0.15, 0.2) is 24.3 Å². The third-order valence-electron chi connectivity index (χ3n) is 4.71. The number of hydrogen-bond acceptors (Lipinski definition) is 2. The van der Waals surface area contributed by atoms with E-state index in [-0.39, 0.29) is 11.2 Å². The predicted molar refractivity (Wildman–Crippen MR) is 67.4 cm³/mol. The van der Waals surface area contributed by atoms with Crippen molar-refractivity contribution in [3.8, 4) is 0 Å². The third-order valence-corrected chi connectivity index (χ3v) is 4.71. The van der Waals surface area contributed by atoms with Gasteiger partial charge in [0.15, 0.2) is 0 Å². The van der Waals surface area contributed by atoms with E-state index >= 15 is 0 Å². The van der Waals surface area contributed by atoms with Gasteiger partial charge in [0, 0.05) is 13.2 Å². The molecule has 1 aromatic carbocycles. The monoisotopic (exact) mass is 264 g/mol. The number of rotatable bonds is 2. The van der Waals surface area contributed by atoms with Crippen LogP contribution in [-0.4, -0.2) is 24.3 Å². The Balaban J connectivity index is 1.87. The summed E-state index contributed by atoms with van der Waals surface area (Å²) in [4.78, 5) is 11.7. The highest BCUT2D eigenvalue weighted by Crippen LogP contribution is 2.60. The standard InChI is InChI=1S/C15H17FO3/c16-12-3-1-11(2-4-12)15(13(17)18)9-14(10-15)5-7-19-8-6-14/h1-4H,5-10H2,(H,17,18). The number of ether oxygens (including phenoxy) is 1. The van der Waals surface area contributed by atoms with Gasteiger partial charge in [-0.15, -0.1) is 0 Å². The minimum atomic E-state index is -0.828. The fourth-order valence-electron chi connectivity index (χ4n) is 3.63. The van der Waals surface area contributed by atoms with Crippen LogP contribution in [0.2, 0.25) is 0 Å². The molecule has 2 aliphatic rings. The molecular weight excluding hydrogens is 247 g/mol. The van der Waals surface area contributed by atoms with Crippen molar-refractivity contribution < 1.29 is 19.0 Å². The highest BCUT2D eigenvalue weighted by molar-refractivity contribution is 5.83. The normalized spacial score (nSPS) is 23.8. The number of aliphatic carboxylic acids is 1. The molecule has 0 unspecified atom stereocenters. The maximum atomic E-state index is 13.0. The zero-order valence-corrected chi connectivity index (χ0v) is 10.7. The Labute approximate surface area is 111 Å². The predicted octanol–water partition coefficient (Wildman–Crippen LogP) is 2.74. The summed E-state index contributed by atoms with van der Waals surface area (Å²) in [6, 6.07) is 5.90. The van der Waals surface area contributed by atoms with E-state index in [9.17, 15) is 14.3 Å². The van der Waals surface area contributed by atoms with E-state index in [1.165, 1.54) is 12.1 Å². The van der Waals surface area contributed by atoms with Crippen molar-refractivity contribution in [2.45, 2.75) is 31.1 Å². The van der Waals surface area contributed by atoms with Crippen molar-refractivity contribution in [3.63, 3.8) is 0 Å². The second-order valence-corrected chi connectivity index (χ2v) is 5.86. The van der Waals surface area contributed by atoms with Crippen LogP contribution in [0, 0.1) is 11.2 Å². The molecule has 1 aliphatic heterocycles. The van der Waals surface area contributed by atoms with Gasteiger partial charge in [0.1, 0.15) is 5.82 Å². The Bertz CT molecular complexity index is 481. The quantitative estimate of drug-likeness (QED) is 0.893. The van der Waals surface area contributed by atoms with Crippen LogP contribution in [0.3, 0.4) is 0 Å². The highest BCUT2D eigenvalue weighted by Gasteiger charge is 2.59. The van der Waals surface area contributed by atoms with E-state index in [0.29, 0.717) is 12.8 Å². The second-order valence-electron chi connectivity index (χ2n) is 5.86. The number of halogens is 1. The number of benzene rings is 1. The molecule has 1 saturated carbocycles. The summed E-state index contributed by atoms with van der Waals surface area (Å²) in [6.07, 6.45) is 3.15. The Morgan fingerprint density at radius 3 is 2.26 bits per heavy atom. The van der Waals surface area contributed by atoms with E-state index in [4.69, 9.17) is 4.74 Å². The van der Waals surface area contributed by atoms with Crippen LogP contribution in [0.25, 0.3) is 0 Å². The number of hydrogen-bond donors (Lipinski definition) is 1. The highest BCUT2D eigenvalue weighted by atomic mass is 19.1. The van der Waals surface area contributed by atoms with Crippen LogP contribution in [0.5, 0.6) is 0 Å². The lowest BCUT2D eigenvalue weighted by Crippen LogP contribution is -2.56. The maximum Gasteiger partial charge on any atom is 0.314 e. The van der Waals surface area contributed by atoms with Gasteiger partial charge in [0.2, 0.25) is 0 Å². The lowest BCUT2D eigenvalue weighted by Gasteiger charge is -2.56. The van der Waals surface area contributed by atoms with Crippen molar-refractivity contribution >= 4 is 5.97 Å². The Kier molecular flexibility index (Phi) is 2.86. The van der Waals surface area contributed by atoms with Gasteiger partial charge in [0.05, 0.1) is 5.41 Å². The molecule has 1 aromatic rings. The molecule has 1 aliphatic carbocycles. The largest absolute Gasteiger partial charge is 0.481 e. The Morgan fingerprint density at radius 2 is 1.74 bits per heavy atom. The van der Waals surface area contributed by atoms with Gasteiger partial charge in [-0.3, -0.25) is 4.79 Å². The molecule has 0 aromatic heterocycles. The number of carbonyl (C=O) groups is 1. The zero-order valence-electron chi connectivity index (χ0n) is 10.7. The van der Waals surface area contributed by atoms with E-state index in [0.717, 1.165) is 31.6 Å². The van der Waals surface area contributed by atoms with Crippen molar-refractivity contribution in [3.05, 3.63) is 35.6 Å². The van der Waals surface area contributed by atoms with Crippen molar-refractivity contribution in [1.82, 2.24) is 0 Å². The number of carboxylic acids is 1. The summed E-state index contributed by atoms with van der Waals surface area (Å²) < 4.78 is 18.3. The summed E-state index contributed by atoms with van der Waals surface area (Å²) in [5.74, 6) is -1.12. The average Bonchev–Trinajstić information content (AvgIpc) is 2.37. The van der Waals surface area contributed by atoms with Gasteiger partial charge >= 0.3 is 5.97 Å². The molecular formula is C15H17FO3. The molecule has 102 valence electrons. The summed E-state index contributed by atoms with van der Waals surface area (Å²) in [5.41, 5.74) is 0.00861. The molecule has 3 nitrogen and oxygen atoms in total. The summed E-state index contributed by atoms with van der Waals surface area (Å²) in [5, 5.41) is 9.60. The van der Waals surface area contributed by atoms with Crippen molar-refractivity contribution in [1.29, 1.82) is 0 Å². The maximum absolute atomic E-state index is 13.0. The molecule has 4 heteroatoms. The molecule has 1 heterocycles. The smallest absolute Gasteiger partial charge is 0.314 e. The molecule has 0 amide bonds. The van der Waals surface area contributed by atoms with Gasteiger partial charge in [-0.25, -0.2) is 4.39 Å². The van der Waals surface area contributed by atoms with Crippen LogP contribution in [0.4, 0.5) is 4.39 Å². The van der Waals surface area contributed by atoms with Crippen LogP contribution < -0.4 is 0 Å². The first-order chi connectivity index (χ1) is 9.06. The van der Waals surface area contributed by atoms with Gasteiger partial charge in [-0.1, -0.05) is 12.1 Å². The van der Waals surface area contributed by atoms with Gasteiger partial charge in [0.25, 0.3) is 0 Å². The van der Waals surface area contributed by atoms with Gasteiger partial charge in [-0.2, -0.15) is 0 Å². The van der Waals surface area contributed by atoms with Crippen molar-refractivity contribution in [2.24, 2.45) is 5.41 Å². The fraction of sp³-hybridized carbons (Fsp3) is 0.533. The average molecular weight is 264 g/mol. The van der Waals surface area contributed by atoms with Gasteiger partial charge < -0.3 is 9.84 Å². The first kappa shape index (κ1) is 12.6. The first-order valence-electron chi connectivity index (χ1n) is 6.64. The molecule has 1 N–H and O–H groups in total. The van der Waals surface area contributed by atoms with Crippen LogP contribution in [-0.2, 0) is 14.9 Å². The minimum absolute atomic E-state index is 0.116. The molecule has 0 bridgehead atoms. The lowest BCUT2D eigenvalue weighted by atomic mass is 9.48. The topological polar surface area (TPSA) is 46.5 Å². The van der Waals surface area contributed by atoms with E-state index in [1.807, 2.05) is 0 Å². The minimum Gasteiger partial charge on any atom is -0.481 e. The van der Waals surface area contributed by atoms with Gasteiger partial charge in [-0.05, 0) is 48.8 Å². The van der Waals surface area contributed by atoms with Crippen molar-refractivity contribution in [2.75, 3.05) is 13.2 Å². The van der Waals surface area contributed by atoms with Crippen LogP contribution >= 0.6 is 0 Å². The van der Waals surface area contributed by atoms with E-state index in [2.05, 4.69) is 0 Å². The Hall–Kier alpha value is -1.42.